The molecule has 0 atom stereocenters. The van der Waals surface area contributed by atoms with Gasteiger partial charge < -0.3 is 0 Å². The van der Waals surface area contributed by atoms with Crippen LogP contribution in [-0.4, -0.2) is 9.97 Å². The molecule has 0 spiro atoms. The Bertz CT molecular complexity index is 520. The number of hydrogen-bond donors (Lipinski definition) is 0. The topological polar surface area (TPSA) is 25.8 Å². The second-order valence-corrected chi connectivity index (χ2v) is 4.26. The fourth-order valence-electron chi connectivity index (χ4n) is 1.34. The molecule has 1 aromatic carbocycles. The van der Waals surface area contributed by atoms with Gasteiger partial charge in [0.05, 0.1) is 22.9 Å². The first-order valence-corrected chi connectivity index (χ1v) is 5.60. The fourth-order valence-corrected chi connectivity index (χ4v) is 1.68. The van der Waals surface area contributed by atoms with E-state index >= 15 is 0 Å². The molecule has 2 nitrogen and oxygen atoms in total. The predicted molar refractivity (Wildman–Crippen MR) is 66.6 cm³/mol. The SMILES string of the molecule is C=C(CC)c1cnc2cc(Br)ccc2n1. The second-order valence-electron chi connectivity index (χ2n) is 3.35. The Morgan fingerprint density at radius 3 is 2.93 bits per heavy atom. The van der Waals surface area contributed by atoms with Crippen molar-refractivity contribution in [2.75, 3.05) is 0 Å². The maximum Gasteiger partial charge on any atom is 0.0898 e. The summed E-state index contributed by atoms with van der Waals surface area (Å²) in [5.74, 6) is 0. The summed E-state index contributed by atoms with van der Waals surface area (Å²) in [5.41, 5.74) is 3.71. The molecule has 0 unspecified atom stereocenters. The normalized spacial score (nSPS) is 10.5. The van der Waals surface area contributed by atoms with Crippen LogP contribution < -0.4 is 0 Å². The van der Waals surface area contributed by atoms with Crippen molar-refractivity contribution in [3.63, 3.8) is 0 Å². The summed E-state index contributed by atoms with van der Waals surface area (Å²) in [6, 6.07) is 5.88. The van der Waals surface area contributed by atoms with E-state index in [0.29, 0.717) is 0 Å². The molecule has 3 heteroatoms. The van der Waals surface area contributed by atoms with Gasteiger partial charge in [-0.3, -0.25) is 4.98 Å². The van der Waals surface area contributed by atoms with Gasteiger partial charge in [-0.1, -0.05) is 29.4 Å². The van der Waals surface area contributed by atoms with E-state index in [1.807, 2.05) is 18.2 Å². The largest absolute Gasteiger partial charge is 0.252 e. The zero-order valence-corrected chi connectivity index (χ0v) is 10.1. The summed E-state index contributed by atoms with van der Waals surface area (Å²) >= 11 is 3.41. The number of aromatic nitrogens is 2. The molecule has 0 N–H and O–H groups in total. The van der Waals surface area contributed by atoms with Crippen LogP contribution in [0.1, 0.15) is 19.0 Å². The van der Waals surface area contributed by atoms with Crippen molar-refractivity contribution in [1.29, 1.82) is 0 Å². The fraction of sp³-hybridized carbons (Fsp3) is 0.167. The summed E-state index contributed by atoms with van der Waals surface area (Å²) in [6.45, 7) is 6.02. The van der Waals surface area contributed by atoms with Gasteiger partial charge in [-0.05, 0) is 30.2 Å². The van der Waals surface area contributed by atoms with E-state index in [1.165, 1.54) is 0 Å². The molecule has 0 aliphatic carbocycles. The Morgan fingerprint density at radius 1 is 1.40 bits per heavy atom. The Morgan fingerprint density at radius 2 is 2.20 bits per heavy atom. The highest BCUT2D eigenvalue weighted by atomic mass is 79.9. The molecular formula is C12H11BrN2. The molecule has 0 aliphatic heterocycles. The van der Waals surface area contributed by atoms with Gasteiger partial charge in [-0.2, -0.15) is 0 Å². The van der Waals surface area contributed by atoms with Crippen LogP contribution in [0.4, 0.5) is 0 Å². The van der Waals surface area contributed by atoms with E-state index in [1.54, 1.807) is 6.20 Å². The maximum atomic E-state index is 4.50. The lowest BCUT2D eigenvalue weighted by Gasteiger charge is -2.03. The monoisotopic (exact) mass is 262 g/mol. The van der Waals surface area contributed by atoms with Crippen molar-refractivity contribution in [3.05, 3.63) is 41.1 Å². The zero-order chi connectivity index (χ0) is 10.8. The van der Waals surface area contributed by atoms with Gasteiger partial charge in [0.25, 0.3) is 0 Å². The van der Waals surface area contributed by atoms with Crippen molar-refractivity contribution in [1.82, 2.24) is 9.97 Å². The number of nitrogens with zero attached hydrogens (tertiary/aromatic N) is 2. The van der Waals surface area contributed by atoms with E-state index in [0.717, 1.165) is 33.2 Å². The average Bonchev–Trinajstić information content (AvgIpc) is 2.27. The molecule has 76 valence electrons. The lowest BCUT2D eigenvalue weighted by molar-refractivity contribution is 1.17. The van der Waals surface area contributed by atoms with Gasteiger partial charge in [-0.25, -0.2) is 4.98 Å². The predicted octanol–water partition coefficient (Wildman–Crippen LogP) is 3.82. The van der Waals surface area contributed by atoms with Gasteiger partial charge in [0.2, 0.25) is 0 Å². The molecule has 0 bridgehead atoms. The third kappa shape index (κ3) is 2.07. The number of halogens is 1. The Hall–Kier alpha value is -1.22. The van der Waals surface area contributed by atoms with E-state index in [2.05, 4.69) is 39.4 Å². The number of benzene rings is 1. The zero-order valence-electron chi connectivity index (χ0n) is 8.50. The standard InChI is InChI=1S/C12H11BrN2/c1-3-8(2)12-7-14-11-6-9(13)4-5-10(11)15-12/h4-7H,2-3H2,1H3. The molecule has 1 aromatic heterocycles. The number of rotatable bonds is 2. The third-order valence-corrected chi connectivity index (χ3v) is 2.79. The molecule has 0 fully saturated rings. The van der Waals surface area contributed by atoms with Crippen molar-refractivity contribution >= 4 is 32.5 Å². The molecule has 0 saturated heterocycles. The molecule has 2 rings (SSSR count). The van der Waals surface area contributed by atoms with Crippen LogP contribution in [0.2, 0.25) is 0 Å². The molecule has 0 saturated carbocycles. The third-order valence-electron chi connectivity index (χ3n) is 2.29. The van der Waals surface area contributed by atoms with Crippen molar-refractivity contribution in [2.24, 2.45) is 0 Å². The molecule has 2 aromatic rings. The second kappa shape index (κ2) is 4.11. The van der Waals surface area contributed by atoms with Crippen LogP contribution in [0, 0.1) is 0 Å². The maximum absolute atomic E-state index is 4.50. The molecule has 1 heterocycles. The number of fused-ring (bicyclic) bond motifs is 1. The van der Waals surface area contributed by atoms with Crippen LogP contribution in [0.25, 0.3) is 16.6 Å². The van der Waals surface area contributed by atoms with Crippen LogP contribution >= 0.6 is 15.9 Å². The van der Waals surface area contributed by atoms with Gasteiger partial charge in [0.15, 0.2) is 0 Å². The molecule has 0 amide bonds. The lowest BCUT2D eigenvalue weighted by atomic mass is 10.1. The first kappa shape index (κ1) is 10.3. The number of allylic oxidation sites excluding steroid dienone is 1. The highest BCUT2D eigenvalue weighted by Crippen LogP contribution is 2.19. The molecule has 0 radical (unpaired) electrons. The van der Waals surface area contributed by atoms with Crippen molar-refractivity contribution in [2.45, 2.75) is 13.3 Å². The summed E-state index contributed by atoms with van der Waals surface area (Å²) in [6.07, 6.45) is 2.68. The summed E-state index contributed by atoms with van der Waals surface area (Å²) in [7, 11) is 0. The molecule has 15 heavy (non-hydrogen) atoms. The van der Waals surface area contributed by atoms with Crippen molar-refractivity contribution in [3.8, 4) is 0 Å². The minimum absolute atomic E-state index is 0.882. The minimum Gasteiger partial charge on any atom is -0.252 e. The highest BCUT2D eigenvalue weighted by molar-refractivity contribution is 9.10. The summed E-state index contributed by atoms with van der Waals surface area (Å²) < 4.78 is 1.02. The Balaban J connectivity index is 2.57. The molecule has 0 aliphatic rings. The van der Waals surface area contributed by atoms with Gasteiger partial charge in [0.1, 0.15) is 0 Å². The van der Waals surface area contributed by atoms with Crippen LogP contribution in [-0.2, 0) is 0 Å². The lowest BCUT2D eigenvalue weighted by Crippen LogP contribution is -1.91. The minimum atomic E-state index is 0.882. The number of hydrogen-bond acceptors (Lipinski definition) is 2. The Kier molecular flexibility index (Phi) is 2.82. The van der Waals surface area contributed by atoms with Gasteiger partial charge in [0, 0.05) is 4.47 Å². The van der Waals surface area contributed by atoms with E-state index in [9.17, 15) is 0 Å². The first-order valence-electron chi connectivity index (χ1n) is 4.81. The van der Waals surface area contributed by atoms with Crippen LogP contribution in [0.5, 0.6) is 0 Å². The first-order chi connectivity index (χ1) is 7.20. The smallest absolute Gasteiger partial charge is 0.0898 e. The van der Waals surface area contributed by atoms with E-state index in [4.69, 9.17) is 0 Å². The van der Waals surface area contributed by atoms with E-state index in [-0.39, 0.29) is 0 Å². The average molecular weight is 263 g/mol. The van der Waals surface area contributed by atoms with Crippen LogP contribution in [0.15, 0.2) is 35.4 Å². The highest BCUT2D eigenvalue weighted by Gasteiger charge is 2.02. The van der Waals surface area contributed by atoms with Crippen LogP contribution in [0.3, 0.4) is 0 Å². The molecular weight excluding hydrogens is 252 g/mol. The summed E-state index contributed by atoms with van der Waals surface area (Å²) in [5, 5.41) is 0. The van der Waals surface area contributed by atoms with Crippen molar-refractivity contribution < 1.29 is 0 Å². The summed E-state index contributed by atoms with van der Waals surface area (Å²) in [4.78, 5) is 8.86. The Labute approximate surface area is 97.2 Å². The van der Waals surface area contributed by atoms with Gasteiger partial charge >= 0.3 is 0 Å². The van der Waals surface area contributed by atoms with Gasteiger partial charge in [-0.15, -0.1) is 0 Å². The van der Waals surface area contributed by atoms with E-state index < -0.39 is 0 Å². The quantitative estimate of drug-likeness (QED) is 0.823.